The second-order valence-corrected chi connectivity index (χ2v) is 4.48. The Morgan fingerprint density at radius 3 is 1.31 bits per heavy atom. The first-order valence-corrected chi connectivity index (χ1v) is 5.88. The zero-order valence-electron chi connectivity index (χ0n) is 15.8. The largest absolute Gasteiger partial charge is 1.00 e. The van der Waals surface area contributed by atoms with E-state index in [1.807, 2.05) is 0 Å². The molecule has 1 atom stereocenters. The summed E-state index contributed by atoms with van der Waals surface area (Å²) in [6.07, 6.45) is -1.69. The summed E-state index contributed by atoms with van der Waals surface area (Å²) in [7, 11) is 0. The second kappa shape index (κ2) is 22.7. The Morgan fingerprint density at radius 2 is 1.14 bits per heavy atom. The molecule has 0 aliphatic heterocycles. The quantitative estimate of drug-likeness (QED) is 0.152. The van der Waals surface area contributed by atoms with E-state index in [0.717, 1.165) is 6.29 Å². The van der Waals surface area contributed by atoms with E-state index in [1.165, 1.54) is 6.29 Å². The molecule has 0 rings (SSSR count). The average molecular weight is 452 g/mol. The van der Waals surface area contributed by atoms with Gasteiger partial charge < -0.3 is 56.0 Å². The molecular formula is C12H15Na3O14-2. The van der Waals surface area contributed by atoms with Crippen molar-refractivity contribution in [2.24, 2.45) is 0 Å². The van der Waals surface area contributed by atoms with Gasteiger partial charge in [-0.25, -0.2) is 11.1 Å². The summed E-state index contributed by atoms with van der Waals surface area (Å²) in [5.41, 5.74) is -5.02. The van der Waals surface area contributed by atoms with Crippen LogP contribution in [0.1, 0.15) is 25.7 Å². The van der Waals surface area contributed by atoms with Crippen LogP contribution in [-0.2, 0) is 28.8 Å². The number of aliphatic hydroxyl groups is 2. The predicted octanol–water partition coefficient (Wildman–Crippen LogP) is -13.1. The van der Waals surface area contributed by atoms with Gasteiger partial charge in [-0.05, 0) is 12.0 Å². The number of hydrogen-bond donors (Lipinski definition) is 5. The maximum absolute atomic E-state index is 10.3. The number of carbonyl (C=O) groups excluding carboxylic acids is 3. The van der Waals surface area contributed by atoms with Crippen molar-refractivity contribution in [2.45, 2.75) is 36.9 Å². The maximum Gasteiger partial charge on any atom is 1.00 e. The smallest absolute Gasteiger partial charge is 0.870 e. The van der Waals surface area contributed by atoms with Crippen molar-refractivity contribution < 1.29 is 159 Å². The number of carboxylic acids is 4. The first kappa shape index (κ1) is 47.0. The average Bonchev–Trinajstić information content (AvgIpc) is 2.36. The van der Waals surface area contributed by atoms with Crippen LogP contribution >= 0.6 is 0 Å². The second-order valence-electron chi connectivity index (χ2n) is 4.48. The molecule has 14 nitrogen and oxygen atoms in total. The van der Waals surface area contributed by atoms with Crippen LogP contribution in [0.2, 0.25) is 0 Å². The third kappa shape index (κ3) is 24.2. The molecule has 0 saturated heterocycles. The fourth-order valence-electron chi connectivity index (χ4n) is 1.21. The van der Waals surface area contributed by atoms with E-state index in [0.29, 0.717) is 0 Å². The van der Waals surface area contributed by atoms with Crippen molar-refractivity contribution >= 4 is 36.4 Å². The van der Waals surface area contributed by atoms with Gasteiger partial charge in [0.05, 0.1) is 12.8 Å². The molecule has 0 fully saturated rings. The van der Waals surface area contributed by atoms with E-state index in [2.05, 4.69) is 0 Å². The van der Waals surface area contributed by atoms with Gasteiger partial charge in [-0.3, -0.25) is 15.9 Å². The summed E-state index contributed by atoms with van der Waals surface area (Å²) in [5.74, 6) is -6.64. The van der Waals surface area contributed by atoms with E-state index in [1.54, 1.807) is 0 Å². The molecule has 0 spiro atoms. The topological polar surface area (TPSA) is 287 Å². The number of carbonyl (C=O) groups is 4. The summed E-state index contributed by atoms with van der Waals surface area (Å²) in [6.45, 7) is 0. The zero-order valence-corrected chi connectivity index (χ0v) is 21.8. The van der Waals surface area contributed by atoms with Gasteiger partial charge in [-0.1, -0.05) is 0 Å². The summed E-state index contributed by atoms with van der Waals surface area (Å²) < 4.78 is 0. The van der Waals surface area contributed by atoms with Crippen LogP contribution in [0.3, 0.4) is 0 Å². The van der Waals surface area contributed by atoms with Gasteiger partial charge in [0.2, 0.25) is 0 Å². The third-order valence-corrected chi connectivity index (χ3v) is 2.28. The van der Waals surface area contributed by atoms with E-state index < -0.39 is 60.8 Å². The standard InChI is InChI=1S/C6H8O7.C6H6O5.3Na.2H2O/c7-3(8)1-6(13,5(11)12)2-4(9)10;7-2-1-6(11,4-8)3-5(9)10;;;;;/h13H,1-2H2,(H,7,8)(H,9,10)(H,11,12);11H,1,3H2,(H,9,10);;;;2*1H2/q;-2;3*+1;;/p-3. The molecule has 0 bridgehead atoms. The van der Waals surface area contributed by atoms with Gasteiger partial charge in [-0.2, -0.15) is 0 Å². The van der Waals surface area contributed by atoms with Gasteiger partial charge in [0.1, 0.15) is 0 Å². The molecule has 0 aromatic rings. The number of rotatable bonds is 10. The first-order chi connectivity index (χ1) is 10.8. The monoisotopic (exact) mass is 452 g/mol. The first-order valence-electron chi connectivity index (χ1n) is 5.88. The minimum absolute atomic E-state index is 0. The fourth-order valence-corrected chi connectivity index (χ4v) is 1.21. The van der Waals surface area contributed by atoms with Gasteiger partial charge in [0.25, 0.3) is 0 Å². The molecule has 0 radical (unpaired) electrons. The normalized spacial score (nSPS) is 10.6. The Balaban J connectivity index is -0.0000000574. The fraction of sp³-hybridized carbons (Fsp3) is 0.500. The van der Waals surface area contributed by atoms with Crippen LogP contribution in [-0.4, -0.2) is 84.1 Å². The molecule has 0 aliphatic rings. The Bertz CT molecular complexity index is 510. The molecule has 1 unspecified atom stereocenters. The van der Waals surface area contributed by atoms with E-state index in [-0.39, 0.29) is 99.6 Å². The minimum atomic E-state index is -2.74. The number of hydrogen-bond acceptors (Lipinski definition) is 11. The van der Waals surface area contributed by atoms with Crippen molar-refractivity contribution in [1.29, 1.82) is 0 Å². The molecular weight excluding hydrogens is 437 g/mol. The SMILES string of the molecule is O=C(O)CC(O)(CC(=O)O)C(=O)O.O=[C-]CC(O)([C-]=O)CC(=O)[O-].[Na+].[Na+].[Na+].[OH-].[OH-]. The van der Waals surface area contributed by atoms with E-state index in [4.69, 9.17) is 25.5 Å². The number of aliphatic carboxylic acids is 4. The van der Waals surface area contributed by atoms with Gasteiger partial charge >= 0.3 is 107 Å². The van der Waals surface area contributed by atoms with Crippen molar-refractivity contribution in [1.82, 2.24) is 0 Å². The van der Waals surface area contributed by atoms with Crippen LogP contribution in [0, 0.1) is 0 Å². The third-order valence-electron chi connectivity index (χ3n) is 2.28. The van der Waals surface area contributed by atoms with Gasteiger partial charge in [-0.15, -0.1) is 6.42 Å². The Labute approximate surface area is 230 Å². The molecule has 0 aromatic heterocycles. The zero-order chi connectivity index (χ0) is 19.6. The van der Waals surface area contributed by atoms with Crippen LogP contribution in [0.4, 0.5) is 0 Å². The van der Waals surface area contributed by atoms with Crippen molar-refractivity contribution in [3.63, 3.8) is 0 Å². The molecule has 0 aliphatic carbocycles. The van der Waals surface area contributed by atoms with Crippen LogP contribution in [0.25, 0.3) is 0 Å². The molecule has 0 saturated carbocycles. The van der Waals surface area contributed by atoms with Gasteiger partial charge in [0.15, 0.2) is 5.60 Å². The molecule has 0 amide bonds. The summed E-state index contributed by atoms with van der Waals surface area (Å²) in [6, 6.07) is 0. The Hall–Kier alpha value is 0.0600. The minimum Gasteiger partial charge on any atom is -0.870 e. The molecule has 29 heavy (non-hydrogen) atoms. The van der Waals surface area contributed by atoms with Crippen molar-refractivity contribution in [3.8, 4) is 0 Å². The van der Waals surface area contributed by atoms with E-state index in [9.17, 15) is 33.9 Å². The Morgan fingerprint density at radius 1 is 0.793 bits per heavy atom. The number of carboxylic acid groups (broad SMARTS) is 4. The molecule has 0 heterocycles. The van der Waals surface area contributed by atoms with Crippen LogP contribution in [0.5, 0.6) is 0 Å². The maximum atomic E-state index is 10.3. The van der Waals surface area contributed by atoms with Crippen LogP contribution in [0.15, 0.2) is 0 Å². The Kier molecular flexibility index (Phi) is 36.9. The van der Waals surface area contributed by atoms with Crippen molar-refractivity contribution in [2.75, 3.05) is 0 Å². The molecule has 7 N–H and O–H groups in total. The van der Waals surface area contributed by atoms with E-state index >= 15 is 0 Å². The predicted molar refractivity (Wildman–Crippen MR) is 71.5 cm³/mol. The summed E-state index contributed by atoms with van der Waals surface area (Å²) in [4.78, 5) is 59.9. The van der Waals surface area contributed by atoms with Crippen molar-refractivity contribution in [3.05, 3.63) is 0 Å². The molecule has 0 aromatic carbocycles. The summed E-state index contributed by atoms with van der Waals surface area (Å²) in [5, 5.41) is 52.6. The van der Waals surface area contributed by atoms with Gasteiger partial charge in [0, 0.05) is 5.97 Å². The molecule has 152 valence electrons. The van der Waals surface area contributed by atoms with Crippen LogP contribution < -0.4 is 93.8 Å². The summed E-state index contributed by atoms with van der Waals surface area (Å²) >= 11 is 0. The molecule has 17 heteroatoms.